The van der Waals surface area contributed by atoms with Crippen LogP contribution in [0.4, 0.5) is 16.3 Å². The first-order chi connectivity index (χ1) is 16.5. The summed E-state index contributed by atoms with van der Waals surface area (Å²) in [7, 11) is 0. The quantitative estimate of drug-likeness (QED) is 0.360. The summed E-state index contributed by atoms with van der Waals surface area (Å²) in [5.74, 6) is 0.377. The number of benzene rings is 1. The minimum atomic E-state index is -0.779. The lowest BCUT2D eigenvalue weighted by Gasteiger charge is -2.37. The van der Waals surface area contributed by atoms with Gasteiger partial charge in [0, 0.05) is 56.8 Å². The lowest BCUT2D eigenvalue weighted by molar-refractivity contribution is -0.384. The molecule has 1 saturated heterocycles. The van der Waals surface area contributed by atoms with E-state index in [1.165, 1.54) is 24.3 Å². The normalized spacial score (nSPS) is 18.8. The Balaban J connectivity index is 1.57. The highest BCUT2D eigenvalue weighted by Gasteiger charge is 2.35. The summed E-state index contributed by atoms with van der Waals surface area (Å²) in [6, 6.07) is 10.4. The lowest BCUT2D eigenvalue weighted by Crippen LogP contribution is -2.52. The molecule has 1 fully saturated rings. The van der Waals surface area contributed by atoms with Gasteiger partial charge in [-0.05, 0) is 36.8 Å². The molecule has 2 N–H and O–H groups in total. The zero-order chi connectivity index (χ0) is 24.1. The van der Waals surface area contributed by atoms with Gasteiger partial charge in [-0.2, -0.15) is 0 Å². The van der Waals surface area contributed by atoms with E-state index in [0.29, 0.717) is 23.4 Å². The van der Waals surface area contributed by atoms with Crippen LogP contribution in [-0.4, -0.2) is 66.1 Å². The summed E-state index contributed by atoms with van der Waals surface area (Å²) in [6.07, 6.45) is 1.76. The Kier molecular flexibility index (Phi) is 7.02. The van der Waals surface area contributed by atoms with E-state index < -0.39 is 23.0 Å². The van der Waals surface area contributed by atoms with Gasteiger partial charge in [0.25, 0.3) is 5.69 Å². The van der Waals surface area contributed by atoms with Crippen molar-refractivity contribution in [3.8, 4) is 0 Å². The number of nitro groups is 1. The maximum Gasteiger partial charge on any atom is 0.338 e. The van der Waals surface area contributed by atoms with Gasteiger partial charge in [0.2, 0.25) is 0 Å². The number of nitro benzene ring substituents is 1. The van der Waals surface area contributed by atoms with Crippen LogP contribution in [-0.2, 0) is 9.53 Å². The molecule has 178 valence electrons. The van der Waals surface area contributed by atoms with Crippen LogP contribution in [0.3, 0.4) is 0 Å². The van der Waals surface area contributed by atoms with Crippen molar-refractivity contribution in [3.05, 3.63) is 75.6 Å². The van der Waals surface area contributed by atoms with Crippen LogP contribution < -0.4 is 15.5 Å². The van der Waals surface area contributed by atoms with Gasteiger partial charge in [-0.25, -0.2) is 14.6 Å². The molecule has 1 atom stereocenters. The molecule has 3 heterocycles. The highest BCUT2D eigenvalue weighted by molar-refractivity contribution is 5.95. The van der Waals surface area contributed by atoms with E-state index in [2.05, 4.69) is 25.4 Å². The summed E-state index contributed by atoms with van der Waals surface area (Å²) < 4.78 is 5.29. The average molecular weight is 466 g/mol. The molecule has 0 radical (unpaired) electrons. The SMILES string of the molecule is CCOC(=O)C1=C(CN2CCN(c3ccccn3)CC2)NC(=O)N[C@@H]1c1ccc([N+](=O)[O-])cc1. The number of urea groups is 1. The molecule has 2 aliphatic rings. The summed E-state index contributed by atoms with van der Waals surface area (Å²) in [4.78, 5) is 44.7. The Hall–Kier alpha value is -3.99. The molecule has 1 aromatic heterocycles. The number of esters is 1. The van der Waals surface area contributed by atoms with Crippen LogP contribution >= 0.6 is 0 Å². The van der Waals surface area contributed by atoms with Crippen molar-refractivity contribution in [2.24, 2.45) is 0 Å². The van der Waals surface area contributed by atoms with E-state index in [9.17, 15) is 19.7 Å². The number of aromatic nitrogens is 1. The summed E-state index contributed by atoms with van der Waals surface area (Å²) in [5, 5.41) is 16.5. The molecule has 0 saturated carbocycles. The number of piperazine rings is 1. The minimum absolute atomic E-state index is 0.0725. The number of amides is 2. The third-order valence-electron chi connectivity index (χ3n) is 5.81. The highest BCUT2D eigenvalue weighted by Crippen LogP contribution is 2.29. The molecule has 11 heteroatoms. The second-order valence-corrected chi connectivity index (χ2v) is 7.94. The van der Waals surface area contributed by atoms with Crippen molar-refractivity contribution in [2.75, 3.05) is 44.2 Å². The number of carbonyl (C=O) groups is 2. The minimum Gasteiger partial charge on any atom is -0.463 e. The standard InChI is InChI=1S/C23H26N6O5/c1-2-34-22(30)20-18(15-27-11-13-28(14-12-27)19-5-3-4-10-24-19)25-23(31)26-21(20)16-6-8-17(9-7-16)29(32)33/h3-10,21H,2,11-15H2,1H3,(H2,25,26,31)/t21-/m1/s1. The molecule has 0 bridgehead atoms. The monoisotopic (exact) mass is 466 g/mol. The van der Waals surface area contributed by atoms with Crippen molar-refractivity contribution < 1.29 is 19.2 Å². The number of hydrogen-bond acceptors (Lipinski definition) is 8. The van der Waals surface area contributed by atoms with Gasteiger partial charge in [0.05, 0.1) is 23.1 Å². The van der Waals surface area contributed by atoms with Crippen LogP contribution in [0.1, 0.15) is 18.5 Å². The average Bonchev–Trinajstić information content (AvgIpc) is 2.85. The third kappa shape index (κ3) is 5.15. The van der Waals surface area contributed by atoms with Gasteiger partial charge in [-0.1, -0.05) is 6.07 Å². The fourth-order valence-corrected chi connectivity index (χ4v) is 4.13. The highest BCUT2D eigenvalue weighted by atomic mass is 16.6. The van der Waals surface area contributed by atoms with Crippen LogP contribution in [0, 0.1) is 10.1 Å². The van der Waals surface area contributed by atoms with E-state index in [0.717, 1.165) is 32.0 Å². The van der Waals surface area contributed by atoms with Crippen LogP contribution in [0.5, 0.6) is 0 Å². The molecule has 0 aliphatic carbocycles. The van der Waals surface area contributed by atoms with Crippen LogP contribution in [0.2, 0.25) is 0 Å². The summed E-state index contributed by atoms with van der Waals surface area (Å²) in [5.41, 5.74) is 1.25. The number of nitrogens with zero attached hydrogens (tertiary/aromatic N) is 4. The van der Waals surface area contributed by atoms with Gasteiger partial charge in [0.1, 0.15) is 5.82 Å². The second kappa shape index (κ2) is 10.3. The molecule has 2 amide bonds. The first-order valence-electron chi connectivity index (χ1n) is 11.1. The fraction of sp³-hybridized carbons (Fsp3) is 0.348. The van der Waals surface area contributed by atoms with Crippen molar-refractivity contribution in [2.45, 2.75) is 13.0 Å². The zero-order valence-electron chi connectivity index (χ0n) is 18.8. The van der Waals surface area contributed by atoms with Gasteiger partial charge >= 0.3 is 12.0 Å². The van der Waals surface area contributed by atoms with E-state index in [-0.39, 0.29) is 12.3 Å². The first-order valence-corrected chi connectivity index (χ1v) is 11.1. The molecule has 1 aromatic carbocycles. The molecule has 11 nitrogen and oxygen atoms in total. The number of hydrogen-bond donors (Lipinski definition) is 2. The van der Waals surface area contributed by atoms with E-state index in [4.69, 9.17) is 4.74 Å². The van der Waals surface area contributed by atoms with E-state index in [1.807, 2.05) is 18.2 Å². The Morgan fingerprint density at radius 3 is 2.53 bits per heavy atom. The molecule has 4 rings (SSSR count). The Labute approximate surface area is 196 Å². The maximum atomic E-state index is 12.9. The second-order valence-electron chi connectivity index (χ2n) is 7.94. The molecule has 0 spiro atoms. The predicted molar refractivity (Wildman–Crippen MR) is 124 cm³/mol. The lowest BCUT2D eigenvalue weighted by atomic mass is 9.94. The molecular weight excluding hydrogens is 440 g/mol. The van der Waals surface area contributed by atoms with E-state index >= 15 is 0 Å². The number of rotatable bonds is 7. The topological polar surface area (TPSA) is 130 Å². The third-order valence-corrected chi connectivity index (χ3v) is 5.81. The Morgan fingerprint density at radius 2 is 1.91 bits per heavy atom. The van der Waals surface area contributed by atoms with Crippen LogP contribution in [0.25, 0.3) is 0 Å². The maximum absolute atomic E-state index is 12.9. The number of nitrogens with one attached hydrogen (secondary N) is 2. The first kappa shape index (κ1) is 23.2. The van der Waals surface area contributed by atoms with Crippen molar-refractivity contribution in [3.63, 3.8) is 0 Å². The van der Waals surface area contributed by atoms with E-state index in [1.54, 1.807) is 13.1 Å². The molecular formula is C23H26N6O5. The summed E-state index contributed by atoms with van der Waals surface area (Å²) in [6.45, 7) is 5.22. The fourth-order valence-electron chi connectivity index (χ4n) is 4.13. The van der Waals surface area contributed by atoms with Crippen molar-refractivity contribution >= 4 is 23.5 Å². The number of carbonyl (C=O) groups excluding carboxylic acids is 2. The molecule has 0 unspecified atom stereocenters. The van der Waals surface area contributed by atoms with Crippen molar-refractivity contribution in [1.29, 1.82) is 0 Å². The van der Waals surface area contributed by atoms with Gasteiger partial charge < -0.3 is 20.3 Å². The number of anilines is 1. The molecule has 34 heavy (non-hydrogen) atoms. The van der Waals surface area contributed by atoms with Gasteiger partial charge in [-0.15, -0.1) is 0 Å². The Bertz CT molecular complexity index is 1080. The van der Waals surface area contributed by atoms with Gasteiger partial charge in [-0.3, -0.25) is 15.0 Å². The summed E-state index contributed by atoms with van der Waals surface area (Å²) >= 11 is 0. The smallest absolute Gasteiger partial charge is 0.338 e. The molecule has 2 aliphatic heterocycles. The Morgan fingerprint density at radius 1 is 1.18 bits per heavy atom. The predicted octanol–water partition coefficient (Wildman–Crippen LogP) is 1.98. The zero-order valence-corrected chi connectivity index (χ0v) is 18.8. The van der Waals surface area contributed by atoms with Crippen molar-refractivity contribution in [1.82, 2.24) is 20.5 Å². The van der Waals surface area contributed by atoms with Gasteiger partial charge in [0.15, 0.2) is 0 Å². The molecule has 2 aromatic rings. The van der Waals surface area contributed by atoms with Crippen LogP contribution in [0.15, 0.2) is 59.9 Å². The largest absolute Gasteiger partial charge is 0.463 e. The number of pyridine rings is 1. The number of non-ortho nitro benzene ring substituents is 1. The number of ether oxygens (including phenoxy) is 1.